The molecule has 3 aromatic rings. The Bertz CT molecular complexity index is 813. The molecule has 3 rings (SSSR count). The first-order chi connectivity index (χ1) is 10.8. The maximum Gasteiger partial charge on any atom is 0.258 e. The van der Waals surface area contributed by atoms with Gasteiger partial charge >= 0.3 is 0 Å². The van der Waals surface area contributed by atoms with Gasteiger partial charge in [-0.05, 0) is 6.07 Å². The minimum Gasteiger partial charge on any atom is -0.493 e. The number of hydrogen-bond acceptors (Lipinski definition) is 6. The first kappa shape index (κ1) is 14.1. The van der Waals surface area contributed by atoms with E-state index in [9.17, 15) is 4.79 Å². The summed E-state index contributed by atoms with van der Waals surface area (Å²) in [5, 5.41) is 8.09. The third-order valence-corrected chi connectivity index (χ3v) is 3.19. The van der Waals surface area contributed by atoms with Gasteiger partial charge in [0.05, 0.1) is 37.1 Å². The SMILES string of the molecule is COc1cc2c(=O)[nH]cnc2cc1OCCCn1ccnn1. The largest absolute Gasteiger partial charge is 0.493 e. The van der Waals surface area contributed by atoms with Crippen molar-refractivity contribution in [2.45, 2.75) is 13.0 Å². The number of methoxy groups -OCH3 is 1. The second-order valence-corrected chi connectivity index (χ2v) is 4.62. The molecule has 0 atom stereocenters. The lowest BCUT2D eigenvalue weighted by molar-refractivity contribution is 0.280. The number of benzene rings is 1. The summed E-state index contributed by atoms with van der Waals surface area (Å²) < 4.78 is 12.8. The average Bonchev–Trinajstić information content (AvgIpc) is 3.04. The van der Waals surface area contributed by atoms with Crippen LogP contribution in [0, 0.1) is 0 Å². The smallest absolute Gasteiger partial charge is 0.258 e. The number of hydrogen-bond donors (Lipinski definition) is 1. The van der Waals surface area contributed by atoms with Crippen LogP contribution in [0.25, 0.3) is 10.9 Å². The normalized spacial score (nSPS) is 10.8. The molecule has 0 amide bonds. The van der Waals surface area contributed by atoms with Crippen molar-refractivity contribution >= 4 is 10.9 Å². The quantitative estimate of drug-likeness (QED) is 0.682. The number of aromatic nitrogens is 5. The third kappa shape index (κ3) is 2.90. The van der Waals surface area contributed by atoms with E-state index >= 15 is 0 Å². The van der Waals surface area contributed by atoms with Crippen molar-refractivity contribution < 1.29 is 9.47 Å². The fourth-order valence-corrected chi connectivity index (χ4v) is 2.11. The molecule has 0 saturated carbocycles. The Labute approximate surface area is 125 Å². The number of fused-ring (bicyclic) bond motifs is 1. The van der Waals surface area contributed by atoms with Crippen LogP contribution in [0.1, 0.15) is 6.42 Å². The highest BCUT2D eigenvalue weighted by Gasteiger charge is 2.09. The molecule has 1 N–H and O–H groups in total. The summed E-state index contributed by atoms with van der Waals surface area (Å²) in [5.74, 6) is 1.07. The summed E-state index contributed by atoms with van der Waals surface area (Å²) in [6, 6.07) is 3.34. The predicted octanol–water partition coefficient (Wildman–Crippen LogP) is 0.992. The molecule has 8 nitrogen and oxygen atoms in total. The van der Waals surface area contributed by atoms with Gasteiger partial charge in [-0.15, -0.1) is 5.10 Å². The Morgan fingerprint density at radius 3 is 3.00 bits per heavy atom. The minimum absolute atomic E-state index is 0.207. The predicted molar refractivity (Wildman–Crippen MR) is 79.0 cm³/mol. The molecular formula is C14H15N5O3. The van der Waals surface area contributed by atoms with Crippen molar-refractivity contribution in [1.29, 1.82) is 0 Å². The van der Waals surface area contributed by atoms with Gasteiger partial charge in [0.2, 0.25) is 0 Å². The third-order valence-electron chi connectivity index (χ3n) is 3.19. The van der Waals surface area contributed by atoms with Crippen LogP contribution in [0.2, 0.25) is 0 Å². The van der Waals surface area contributed by atoms with Gasteiger partial charge in [-0.3, -0.25) is 9.48 Å². The van der Waals surface area contributed by atoms with E-state index in [0.717, 1.165) is 6.42 Å². The average molecular weight is 301 g/mol. The van der Waals surface area contributed by atoms with E-state index in [-0.39, 0.29) is 5.56 Å². The second-order valence-electron chi connectivity index (χ2n) is 4.62. The fourth-order valence-electron chi connectivity index (χ4n) is 2.11. The molecule has 0 radical (unpaired) electrons. The summed E-state index contributed by atoms with van der Waals surface area (Å²) in [7, 11) is 1.54. The minimum atomic E-state index is -0.207. The number of aromatic amines is 1. The highest BCUT2D eigenvalue weighted by molar-refractivity contribution is 5.81. The fraction of sp³-hybridized carbons (Fsp3) is 0.286. The van der Waals surface area contributed by atoms with Crippen LogP contribution in [0.4, 0.5) is 0 Å². The Morgan fingerprint density at radius 2 is 2.23 bits per heavy atom. The van der Waals surface area contributed by atoms with E-state index in [2.05, 4.69) is 20.3 Å². The van der Waals surface area contributed by atoms with E-state index in [4.69, 9.17) is 9.47 Å². The van der Waals surface area contributed by atoms with Gasteiger partial charge < -0.3 is 14.5 Å². The first-order valence-corrected chi connectivity index (χ1v) is 6.80. The molecule has 2 aromatic heterocycles. The zero-order valence-corrected chi connectivity index (χ0v) is 12.0. The van der Waals surface area contributed by atoms with Gasteiger partial charge in [0.1, 0.15) is 0 Å². The second kappa shape index (κ2) is 6.25. The van der Waals surface area contributed by atoms with Crippen LogP contribution >= 0.6 is 0 Å². The van der Waals surface area contributed by atoms with Crippen molar-refractivity contribution in [1.82, 2.24) is 25.0 Å². The maximum atomic E-state index is 11.7. The summed E-state index contributed by atoms with van der Waals surface area (Å²) in [5.41, 5.74) is 0.358. The summed E-state index contributed by atoms with van der Waals surface area (Å²) in [6.45, 7) is 1.21. The molecule has 0 unspecified atom stereocenters. The van der Waals surface area contributed by atoms with Gasteiger partial charge in [-0.25, -0.2) is 4.98 Å². The number of nitrogens with one attached hydrogen (secondary N) is 1. The maximum absolute atomic E-state index is 11.7. The van der Waals surface area contributed by atoms with Crippen LogP contribution in [0.3, 0.4) is 0 Å². The molecule has 1 aromatic carbocycles. The van der Waals surface area contributed by atoms with Gasteiger partial charge in [0, 0.05) is 25.2 Å². The lowest BCUT2D eigenvalue weighted by atomic mass is 10.2. The molecule has 0 fully saturated rings. The van der Waals surface area contributed by atoms with Crippen LogP contribution in [0.15, 0.2) is 35.6 Å². The van der Waals surface area contributed by atoms with Crippen molar-refractivity contribution in [3.05, 3.63) is 41.2 Å². The van der Waals surface area contributed by atoms with Crippen LogP contribution in [0.5, 0.6) is 11.5 Å². The summed E-state index contributed by atoms with van der Waals surface area (Å²) in [6.07, 6.45) is 5.57. The zero-order valence-electron chi connectivity index (χ0n) is 12.0. The number of aryl methyl sites for hydroxylation is 1. The standard InChI is InChI=1S/C14H15N5O3/c1-21-12-7-10-11(15-9-16-14(10)20)8-13(12)22-6-2-4-19-5-3-17-18-19/h3,5,7-9H,2,4,6H2,1H3,(H,15,16,20). The topological polar surface area (TPSA) is 94.9 Å². The summed E-state index contributed by atoms with van der Waals surface area (Å²) in [4.78, 5) is 18.4. The molecule has 0 saturated heterocycles. The number of rotatable bonds is 6. The highest BCUT2D eigenvalue weighted by Crippen LogP contribution is 2.30. The molecule has 0 aliphatic carbocycles. The molecule has 8 heteroatoms. The molecule has 0 aliphatic heterocycles. The van der Waals surface area contributed by atoms with Gasteiger partial charge in [0.15, 0.2) is 11.5 Å². The zero-order chi connectivity index (χ0) is 15.4. The van der Waals surface area contributed by atoms with Crippen LogP contribution < -0.4 is 15.0 Å². The van der Waals surface area contributed by atoms with E-state index in [1.165, 1.54) is 13.4 Å². The number of H-pyrrole nitrogens is 1. The number of nitrogens with zero attached hydrogens (tertiary/aromatic N) is 4. The molecule has 22 heavy (non-hydrogen) atoms. The molecule has 114 valence electrons. The Balaban J connectivity index is 1.73. The first-order valence-electron chi connectivity index (χ1n) is 6.80. The van der Waals surface area contributed by atoms with Crippen LogP contribution in [-0.4, -0.2) is 38.7 Å². The monoisotopic (exact) mass is 301 g/mol. The molecular weight excluding hydrogens is 286 g/mol. The van der Waals surface area contributed by atoms with E-state index < -0.39 is 0 Å². The van der Waals surface area contributed by atoms with E-state index in [0.29, 0.717) is 35.6 Å². The Hall–Kier alpha value is -2.90. The van der Waals surface area contributed by atoms with Crippen molar-refractivity contribution in [2.75, 3.05) is 13.7 Å². The molecule has 0 spiro atoms. The Kier molecular flexibility index (Phi) is 3.99. The molecule has 0 aliphatic rings. The van der Waals surface area contributed by atoms with Gasteiger partial charge in [0.25, 0.3) is 5.56 Å². The molecule has 0 bridgehead atoms. The lowest BCUT2D eigenvalue weighted by Gasteiger charge is -2.11. The summed E-state index contributed by atoms with van der Waals surface area (Å²) >= 11 is 0. The molecule has 2 heterocycles. The van der Waals surface area contributed by atoms with E-state index in [1.54, 1.807) is 29.2 Å². The van der Waals surface area contributed by atoms with Gasteiger partial charge in [-0.2, -0.15) is 0 Å². The van der Waals surface area contributed by atoms with Crippen LogP contribution in [-0.2, 0) is 6.54 Å². The number of ether oxygens (including phenoxy) is 2. The Morgan fingerprint density at radius 1 is 1.32 bits per heavy atom. The van der Waals surface area contributed by atoms with Crippen molar-refractivity contribution in [3.8, 4) is 11.5 Å². The lowest BCUT2D eigenvalue weighted by Crippen LogP contribution is -2.08. The van der Waals surface area contributed by atoms with Crippen molar-refractivity contribution in [3.63, 3.8) is 0 Å². The highest BCUT2D eigenvalue weighted by atomic mass is 16.5. The van der Waals surface area contributed by atoms with Crippen molar-refractivity contribution in [2.24, 2.45) is 0 Å². The van der Waals surface area contributed by atoms with Gasteiger partial charge in [-0.1, -0.05) is 5.21 Å². The van der Waals surface area contributed by atoms with E-state index in [1.807, 2.05) is 0 Å².